The van der Waals surface area contributed by atoms with Crippen LogP contribution in [0.1, 0.15) is 6.92 Å². The zero-order valence-corrected chi connectivity index (χ0v) is 12.8. The van der Waals surface area contributed by atoms with Crippen molar-refractivity contribution in [2.75, 3.05) is 31.6 Å². The molecule has 0 spiro atoms. The van der Waals surface area contributed by atoms with E-state index in [1.165, 1.54) is 0 Å². The average Bonchev–Trinajstić information content (AvgIpc) is 2.55. The molecule has 2 aromatic rings. The Morgan fingerprint density at radius 3 is 2.45 bits per heavy atom. The van der Waals surface area contributed by atoms with Crippen LogP contribution in [0, 0.1) is 0 Å². The fraction of sp³-hybridized carbons (Fsp3) is 0.278. The molecule has 0 aromatic heterocycles. The molecule has 0 bridgehead atoms. The van der Waals surface area contributed by atoms with E-state index >= 15 is 0 Å². The number of hydrogen-bond acceptors (Lipinski definition) is 3. The first-order valence-electron chi connectivity index (χ1n) is 7.52. The molecule has 4 nitrogen and oxygen atoms in total. The predicted octanol–water partition coefficient (Wildman–Crippen LogP) is 2.61. The summed E-state index contributed by atoms with van der Waals surface area (Å²) in [6, 6.07) is 17.7. The van der Waals surface area contributed by atoms with E-state index in [2.05, 4.69) is 5.32 Å². The van der Waals surface area contributed by atoms with Gasteiger partial charge in [0.05, 0.1) is 13.2 Å². The van der Waals surface area contributed by atoms with Gasteiger partial charge in [0.25, 0.3) is 0 Å². The second-order valence-electron chi connectivity index (χ2n) is 5.05. The van der Waals surface area contributed by atoms with E-state index in [1.807, 2.05) is 66.4 Å². The number of nitrogens with one attached hydrogen (secondary N) is 1. The first-order valence-corrected chi connectivity index (χ1v) is 7.52. The fourth-order valence-electron chi connectivity index (χ4n) is 2.34. The number of nitrogens with zero attached hydrogens (tertiary/aromatic N) is 1. The van der Waals surface area contributed by atoms with Gasteiger partial charge in [0.2, 0.25) is 5.91 Å². The maximum absolute atomic E-state index is 12.2. The van der Waals surface area contributed by atoms with E-state index in [-0.39, 0.29) is 19.1 Å². The molecule has 0 saturated carbocycles. The number of amides is 1. The van der Waals surface area contributed by atoms with Crippen LogP contribution in [0.4, 0.5) is 5.69 Å². The third-order valence-corrected chi connectivity index (χ3v) is 3.52. The molecule has 2 N–H and O–H groups in total. The maximum atomic E-state index is 12.2. The lowest BCUT2D eigenvalue weighted by Gasteiger charge is -2.19. The van der Waals surface area contributed by atoms with Gasteiger partial charge in [-0.1, -0.05) is 55.5 Å². The van der Waals surface area contributed by atoms with Crippen LogP contribution in [0.2, 0.25) is 0 Å². The van der Waals surface area contributed by atoms with E-state index in [9.17, 15) is 4.79 Å². The molecule has 0 aliphatic carbocycles. The normalized spacial score (nSPS) is 10.7. The molecule has 2 aromatic carbocycles. The number of carbonyl (C=O) groups is 1. The van der Waals surface area contributed by atoms with Crippen molar-refractivity contribution < 1.29 is 9.90 Å². The maximum Gasteiger partial charge on any atom is 0.238 e. The van der Waals surface area contributed by atoms with E-state index < -0.39 is 0 Å². The number of carbonyl (C=O) groups excluding carboxylic acids is 1. The molecule has 1 amide bonds. The number of likely N-dealkylation sites (N-methyl/N-ethyl adjacent to an activating group) is 1. The van der Waals surface area contributed by atoms with E-state index in [0.29, 0.717) is 6.54 Å². The fourth-order valence-corrected chi connectivity index (χ4v) is 2.34. The first kappa shape index (κ1) is 16.2. The van der Waals surface area contributed by atoms with Gasteiger partial charge in [-0.25, -0.2) is 0 Å². The lowest BCUT2D eigenvalue weighted by atomic mass is 10.0. The highest BCUT2D eigenvalue weighted by molar-refractivity contribution is 5.96. The third kappa shape index (κ3) is 4.41. The Balaban J connectivity index is 2.12. The van der Waals surface area contributed by atoms with Gasteiger partial charge >= 0.3 is 0 Å². The first-order chi connectivity index (χ1) is 10.7. The molecule has 22 heavy (non-hydrogen) atoms. The zero-order chi connectivity index (χ0) is 15.8. The van der Waals surface area contributed by atoms with Crippen LogP contribution in [0.3, 0.4) is 0 Å². The van der Waals surface area contributed by atoms with Crippen molar-refractivity contribution in [1.29, 1.82) is 0 Å². The van der Waals surface area contributed by atoms with Gasteiger partial charge < -0.3 is 10.4 Å². The summed E-state index contributed by atoms with van der Waals surface area (Å²) < 4.78 is 0. The number of rotatable bonds is 7. The van der Waals surface area contributed by atoms with E-state index in [1.54, 1.807) is 0 Å². The van der Waals surface area contributed by atoms with Gasteiger partial charge in [-0.3, -0.25) is 9.69 Å². The minimum Gasteiger partial charge on any atom is -0.395 e. The molecule has 116 valence electrons. The molecule has 0 unspecified atom stereocenters. The smallest absolute Gasteiger partial charge is 0.238 e. The van der Waals surface area contributed by atoms with Gasteiger partial charge in [-0.15, -0.1) is 0 Å². The minimum atomic E-state index is -0.0707. The van der Waals surface area contributed by atoms with Crippen molar-refractivity contribution in [3.63, 3.8) is 0 Å². The molecule has 0 saturated heterocycles. The molecule has 0 radical (unpaired) electrons. The largest absolute Gasteiger partial charge is 0.395 e. The number of para-hydroxylation sites is 1. The summed E-state index contributed by atoms with van der Waals surface area (Å²) in [5.74, 6) is -0.0707. The Morgan fingerprint density at radius 2 is 1.77 bits per heavy atom. The number of benzene rings is 2. The Kier molecular flexibility index (Phi) is 6.13. The van der Waals surface area contributed by atoms with E-state index in [0.717, 1.165) is 23.4 Å². The highest BCUT2D eigenvalue weighted by atomic mass is 16.3. The van der Waals surface area contributed by atoms with Crippen LogP contribution in [-0.2, 0) is 4.79 Å². The summed E-state index contributed by atoms with van der Waals surface area (Å²) in [5, 5.41) is 12.0. The Morgan fingerprint density at radius 1 is 1.09 bits per heavy atom. The molecule has 0 aliphatic rings. The summed E-state index contributed by atoms with van der Waals surface area (Å²) in [4.78, 5) is 14.1. The summed E-state index contributed by atoms with van der Waals surface area (Å²) in [7, 11) is 0. The molecule has 0 fully saturated rings. The molecular formula is C18H22N2O2. The van der Waals surface area contributed by atoms with Crippen molar-refractivity contribution >= 4 is 11.6 Å². The van der Waals surface area contributed by atoms with Gasteiger partial charge in [-0.05, 0) is 18.2 Å². The number of hydrogen-bond donors (Lipinski definition) is 2. The van der Waals surface area contributed by atoms with E-state index in [4.69, 9.17) is 5.11 Å². The van der Waals surface area contributed by atoms with Crippen molar-refractivity contribution in [3.05, 3.63) is 54.6 Å². The average molecular weight is 298 g/mol. The predicted molar refractivity (Wildman–Crippen MR) is 89.7 cm³/mol. The topological polar surface area (TPSA) is 52.6 Å². The summed E-state index contributed by atoms with van der Waals surface area (Å²) >= 11 is 0. The van der Waals surface area contributed by atoms with Crippen LogP contribution < -0.4 is 5.32 Å². The van der Waals surface area contributed by atoms with Crippen LogP contribution in [0.15, 0.2) is 54.6 Å². The second-order valence-corrected chi connectivity index (χ2v) is 5.05. The second kappa shape index (κ2) is 8.32. The zero-order valence-electron chi connectivity index (χ0n) is 12.8. The van der Waals surface area contributed by atoms with Gasteiger partial charge in [0.15, 0.2) is 0 Å². The Hall–Kier alpha value is -2.17. The highest BCUT2D eigenvalue weighted by Crippen LogP contribution is 2.27. The quantitative estimate of drug-likeness (QED) is 0.826. The molecular weight excluding hydrogens is 276 g/mol. The van der Waals surface area contributed by atoms with Gasteiger partial charge in [0, 0.05) is 17.8 Å². The third-order valence-electron chi connectivity index (χ3n) is 3.52. The number of aliphatic hydroxyl groups is 1. The molecule has 0 heterocycles. The monoisotopic (exact) mass is 298 g/mol. The molecule has 0 atom stereocenters. The Bertz CT molecular complexity index is 599. The molecule has 0 aliphatic heterocycles. The summed E-state index contributed by atoms with van der Waals surface area (Å²) in [6.45, 7) is 3.54. The van der Waals surface area contributed by atoms with Crippen molar-refractivity contribution in [2.45, 2.75) is 6.92 Å². The Labute approximate surface area is 131 Å². The van der Waals surface area contributed by atoms with Gasteiger partial charge in [-0.2, -0.15) is 0 Å². The van der Waals surface area contributed by atoms with Crippen molar-refractivity contribution in [3.8, 4) is 11.1 Å². The van der Waals surface area contributed by atoms with Crippen molar-refractivity contribution in [2.24, 2.45) is 0 Å². The summed E-state index contributed by atoms with van der Waals surface area (Å²) in [5.41, 5.74) is 2.88. The molecule has 4 heteroatoms. The SMILES string of the molecule is CCN(CCO)CC(=O)Nc1ccccc1-c1ccccc1. The van der Waals surface area contributed by atoms with Crippen LogP contribution >= 0.6 is 0 Å². The lowest BCUT2D eigenvalue weighted by molar-refractivity contribution is -0.117. The van der Waals surface area contributed by atoms with Gasteiger partial charge in [0.1, 0.15) is 0 Å². The summed E-state index contributed by atoms with van der Waals surface area (Å²) in [6.07, 6.45) is 0. The van der Waals surface area contributed by atoms with Crippen molar-refractivity contribution in [1.82, 2.24) is 4.90 Å². The standard InChI is InChI=1S/C18H22N2O2/c1-2-20(12-13-21)14-18(22)19-17-11-7-6-10-16(17)15-8-4-3-5-9-15/h3-11,21H,2,12-14H2,1H3,(H,19,22). The lowest BCUT2D eigenvalue weighted by Crippen LogP contribution is -2.35. The van der Waals surface area contributed by atoms with Crippen LogP contribution in [-0.4, -0.2) is 42.2 Å². The number of anilines is 1. The highest BCUT2D eigenvalue weighted by Gasteiger charge is 2.11. The van der Waals surface area contributed by atoms with Crippen LogP contribution in [0.25, 0.3) is 11.1 Å². The minimum absolute atomic E-state index is 0.0573. The van der Waals surface area contributed by atoms with Crippen LogP contribution in [0.5, 0.6) is 0 Å². The number of aliphatic hydroxyl groups excluding tert-OH is 1. The molecule has 2 rings (SSSR count).